The third-order valence-electron chi connectivity index (χ3n) is 2.78. The first-order valence-corrected chi connectivity index (χ1v) is 8.06. The maximum Gasteiger partial charge on any atom is 0.262 e. The van der Waals surface area contributed by atoms with Crippen LogP contribution in [0.15, 0.2) is 28.8 Å². The predicted molar refractivity (Wildman–Crippen MR) is 70.6 cm³/mol. The monoisotopic (exact) mass is 303 g/mol. The normalized spacial score (nSPS) is 17.6. The number of halogens is 1. The van der Waals surface area contributed by atoms with Crippen molar-refractivity contribution in [3.05, 3.63) is 28.9 Å². The van der Waals surface area contributed by atoms with E-state index in [1.165, 1.54) is 20.0 Å². The largest absolute Gasteiger partial charge is 0.279 e. The van der Waals surface area contributed by atoms with Gasteiger partial charge >= 0.3 is 0 Å². The summed E-state index contributed by atoms with van der Waals surface area (Å²) >= 11 is 7.32. The molecule has 8 heteroatoms. The van der Waals surface area contributed by atoms with Crippen molar-refractivity contribution in [2.45, 2.75) is 11.4 Å². The Bertz CT molecular complexity index is 717. The Balaban J connectivity index is 2.15. The summed E-state index contributed by atoms with van der Waals surface area (Å²) in [6, 6.07) is 0. The van der Waals surface area contributed by atoms with Crippen molar-refractivity contribution in [1.82, 2.24) is 13.7 Å². The van der Waals surface area contributed by atoms with E-state index in [0.717, 1.165) is 6.42 Å². The molecule has 0 fully saturated rings. The van der Waals surface area contributed by atoms with E-state index in [2.05, 4.69) is 4.98 Å². The molecule has 3 heterocycles. The lowest BCUT2D eigenvalue weighted by Crippen LogP contribution is -2.34. The maximum atomic E-state index is 12.5. The van der Waals surface area contributed by atoms with Crippen LogP contribution in [-0.4, -0.2) is 35.2 Å². The highest BCUT2D eigenvalue weighted by molar-refractivity contribution is 7.89. The van der Waals surface area contributed by atoms with Gasteiger partial charge in [0, 0.05) is 24.7 Å². The van der Waals surface area contributed by atoms with Crippen molar-refractivity contribution in [1.29, 1.82) is 0 Å². The van der Waals surface area contributed by atoms with Crippen LogP contribution in [0.2, 0.25) is 5.15 Å². The van der Waals surface area contributed by atoms with Crippen LogP contribution in [0, 0.1) is 0 Å². The molecule has 18 heavy (non-hydrogen) atoms. The molecule has 0 aliphatic carbocycles. The molecule has 2 aromatic heterocycles. The first-order chi connectivity index (χ1) is 8.60. The van der Waals surface area contributed by atoms with E-state index >= 15 is 0 Å². The lowest BCUT2D eigenvalue weighted by Gasteiger charge is -2.22. The summed E-state index contributed by atoms with van der Waals surface area (Å²) in [7, 11) is -3.59. The Labute approximate surface area is 113 Å². The fraction of sp³-hybridized carbons (Fsp3) is 0.300. The lowest BCUT2D eigenvalue weighted by molar-refractivity contribution is 0.435. The van der Waals surface area contributed by atoms with Gasteiger partial charge in [-0.1, -0.05) is 23.8 Å². The van der Waals surface area contributed by atoms with Crippen molar-refractivity contribution in [3.8, 4) is 0 Å². The number of fused-ring (bicyclic) bond motifs is 1. The van der Waals surface area contributed by atoms with Crippen LogP contribution in [-0.2, 0) is 10.0 Å². The van der Waals surface area contributed by atoms with E-state index in [4.69, 9.17) is 11.6 Å². The van der Waals surface area contributed by atoms with Gasteiger partial charge in [-0.3, -0.25) is 4.40 Å². The van der Waals surface area contributed by atoms with Crippen molar-refractivity contribution in [3.63, 3.8) is 0 Å². The minimum absolute atomic E-state index is 0.0383. The highest BCUT2D eigenvalue weighted by Crippen LogP contribution is 2.28. The molecule has 0 saturated heterocycles. The van der Waals surface area contributed by atoms with Gasteiger partial charge in [0.1, 0.15) is 0 Å². The standard InChI is InChI=1S/C10H10ClN3O2S2/c11-8-9(14-6-7-17-10(14)12-8)18(15,16)13-4-2-1-3-5-13/h1-2,6-7H,3-5H2. The molecular weight excluding hydrogens is 294 g/mol. The SMILES string of the molecule is O=S(=O)(c1c(Cl)nc2sccn12)N1CC=CCC1. The van der Waals surface area contributed by atoms with Crippen LogP contribution < -0.4 is 0 Å². The number of hydrogen-bond donors (Lipinski definition) is 0. The molecule has 96 valence electrons. The molecule has 0 aromatic carbocycles. The fourth-order valence-corrected chi connectivity index (χ4v) is 4.74. The molecule has 0 amide bonds. The lowest BCUT2D eigenvalue weighted by atomic mass is 10.3. The predicted octanol–water partition coefficient (Wildman–Crippen LogP) is 2.00. The second-order valence-electron chi connectivity index (χ2n) is 3.89. The Hall–Kier alpha value is -0.890. The van der Waals surface area contributed by atoms with Gasteiger partial charge in [-0.25, -0.2) is 13.4 Å². The molecule has 0 saturated carbocycles. The van der Waals surface area contributed by atoms with Crippen molar-refractivity contribution < 1.29 is 8.42 Å². The van der Waals surface area contributed by atoms with Crippen molar-refractivity contribution >= 4 is 37.9 Å². The summed E-state index contributed by atoms with van der Waals surface area (Å²) in [5, 5.41) is 1.89. The molecule has 3 rings (SSSR count). The minimum Gasteiger partial charge on any atom is -0.279 e. The summed E-state index contributed by atoms with van der Waals surface area (Å²) in [4.78, 5) is 4.65. The van der Waals surface area contributed by atoms with Crippen LogP contribution in [0.3, 0.4) is 0 Å². The van der Waals surface area contributed by atoms with E-state index in [-0.39, 0.29) is 10.2 Å². The quantitative estimate of drug-likeness (QED) is 0.797. The zero-order chi connectivity index (χ0) is 12.8. The summed E-state index contributed by atoms with van der Waals surface area (Å²) in [5.74, 6) is 0. The minimum atomic E-state index is -3.59. The number of aromatic nitrogens is 2. The fourth-order valence-electron chi connectivity index (χ4n) is 1.93. The Morgan fingerprint density at radius 3 is 2.94 bits per heavy atom. The average molecular weight is 304 g/mol. The Kier molecular flexibility index (Phi) is 2.93. The van der Waals surface area contributed by atoms with Crippen LogP contribution >= 0.6 is 22.9 Å². The summed E-state index contributed by atoms with van der Waals surface area (Å²) in [6.07, 6.45) is 6.22. The van der Waals surface area contributed by atoms with Crippen molar-refractivity contribution in [2.24, 2.45) is 0 Å². The van der Waals surface area contributed by atoms with Gasteiger partial charge in [-0.2, -0.15) is 4.31 Å². The number of nitrogens with zero attached hydrogens (tertiary/aromatic N) is 3. The van der Waals surface area contributed by atoms with E-state index in [1.54, 1.807) is 11.6 Å². The first kappa shape index (κ1) is 12.2. The number of rotatable bonds is 2. The maximum absolute atomic E-state index is 12.5. The summed E-state index contributed by atoms with van der Waals surface area (Å²) < 4.78 is 28.0. The molecule has 0 N–H and O–H groups in total. The summed E-state index contributed by atoms with van der Waals surface area (Å²) in [5.41, 5.74) is 0. The smallest absolute Gasteiger partial charge is 0.262 e. The molecule has 0 spiro atoms. The van der Waals surface area contributed by atoms with Gasteiger partial charge < -0.3 is 0 Å². The van der Waals surface area contributed by atoms with Gasteiger partial charge in [0.15, 0.2) is 15.1 Å². The zero-order valence-electron chi connectivity index (χ0n) is 9.28. The number of imidazole rings is 1. The second-order valence-corrected chi connectivity index (χ2v) is 6.97. The molecule has 0 unspecified atom stereocenters. The van der Waals surface area contributed by atoms with Crippen LogP contribution in [0.4, 0.5) is 0 Å². The average Bonchev–Trinajstić information content (AvgIpc) is 2.89. The van der Waals surface area contributed by atoms with E-state index in [0.29, 0.717) is 18.1 Å². The second kappa shape index (κ2) is 4.34. The highest BCUT2D eigenvalue weighted by Gasteiger charge is 2.31. The molecule has 0 bridgehead atoms. The van der Waals surface area contributed by atoms with Gasteiger partial charge in [0.25, 0.3) is 10.0 Å². The Morgan fingerprint density at radius 1 is 1.39 bits per heavy atom. The Morgan fingerprint density at radius 2 is 2.22 bits per heavy atom. The number of sulfonamides is 1. The highest BCUT2D eigenvalue weighted by atomic mass is 35.5. The summed E-state index contributed by atoms with van der Waals surface area (Å²) in [6.45, 7) is 0.864. The van der Waals surface area contributed by atoms with E-state index < -0.39 is 10.0 Å². The van der Waals surface area contributed by atoms with Gasteiger partial charge in [-0.15, -0.1) is 11.3 Å². The van der Waals surface area contributed by atoms with E-state index in [1.807, 2.05) is 12.2 Å². The molecule has 0 radical (unpaired) electrons. The van der Waals surface area contributed by atoms with Gasteiger partial charge in [0.05, 0.1) is 0 Å². The first-order valence-electron chi connectivity index (χ1n) is 5.37. The topological polar surface area (TPSA) is 54.7 Å². The third kappa shape index (κ3) is 1.78. The van der Waals surface area contributed by atoms with Crippen LogP contribution in [0.25, 0.3) is 4.96 Å². The molecule has 1 aliphatic rings. The molecular formula is C10H10ClN3O2S2. The van der Waals surface area contributed by atoms with Gasteiger partial charge in [0.2, 0.25) is 0 Å². The van der Waals surface area contributed by atoms with Crippen LogP contribution in [0.1, 0.15) is 6.42 Å². The molecule has 1 aliphatic heterocycles. The molecule has 5 nitrogen and oxygen atoms in total. The van der Waals surface area contributed by atoms with E-state index in [9.17, 15) is 8.42 Å². The third-order valence-corrected chi connectivity index (χ3v) is 5.81. The number of thiazole rings is 1. The van der Waals surface area contributed by atoms with Crippen LogP contribution in [0.5, 0.6) is 0 Å². The van der Waals surface area contributed by atoms with Gasteiger partial charge in [-0.05, 0) is 6.42 Å². The molecule has 2 aromatic rings. The molecule has 0 atom stereocenters. The number of hydrogen-bond acceptors (Lipinski definition) is 4. The zero-order valence-corrected chi connectivity index (χ0v) is 11.7. The van der Waals surface area contributed by atoms with Crippen molar-refractivity contribution in [2.75, 3.05) is 13.1 Å².